The summed E-state index contributed by atoms with van der Waals surface area (Å²) in [5, 5.41) is 0. The minimum atomic E-state index is 0.174. The van der Waals surface area contributed by atoms with E-state index in [1.165, 1.54) is 33.4 Å². The van der Waals surface area contributed by atoms with Crippen molar-refractivity contribution in [3.8, 4) is 11.1 Å². The van der Waals surface area contributed by atoms with Gasteiger partial charge in [-0.1, -0.05) is 93.6 Å². The molecule has 3 aromatic carbocycles. The lowest BCUT2D eigenvalue weighted by atomic mass is 9.82. The normalized spacial score (nSPS) is 13.7. The van der Waals surface area contributed by atoms with Crippen LogP contribution in [-0.4, -0.2) is 0 Å². The van der Waals surface area contributed by atoms with Gasteiger partial charge in [-0.2, -0.15) is 0 Å². The molecule has 0 heteroatoms. The van der Waals surface area contributed by atoms with Gasteiger partial charge in [-0.15, -0.1) is 0 Å². The Labute approximate surface area is 138 Å². The second-order valence-electron chi connectivity index (χ2n) is 7.48. The maximum absolute atomic E-state index is 2.39. The first kappa shape index (κ1) is 14.3. The summed E-state index contributed by atoms with van der Waals surface area (Å²) in [6, 6.07) is 26.8. The molecule has 0 unspecified atom stereocenters. The molecule has 0 radical (unpaired) electrons. The van der Waals surface area contributed by atoms with Crippen LogP contribution in [0.1, 0.15) is 48.9 Å². The van der Waals surface area contributed by atoms with Crippen LogP contribution in [0.3, 0.4) is 0 Å². The van der Waals surface area contributed by atoms with Crippen LogP contribution in [0.2, 0.25) is 0 Å². The van der Waals surface area contributed by atoms with Crippen molar-refractivity contribution in [2.45, 2.75) is 32.1 Å². The molecule has 0 aliphatic heterocycles. The summed E-state index contributed by atoms with van der Waals surface area (Å²) in [4.78, 5) is 0. The topological polar surface area (TPSA) is 0 Å². The fourth-order valence-corrected chi connectivity index (χ4v) is 3.70. The Hall–Kier alpha value is -2.34. The summed E-state index contributed by atoms with van der Waals surface area (Å²) in [5.41, 5.74) is 8.60. The van der Waals surface area contributed by atoms with E-state index in [0.717, 1.165) is 0 Å². The van der Waals surface area contributed by atoms with Crippen molar-refractivity contribution in [3.05, 3.63) is 95.1 Å². The molecule has 3 aromatic rings. The molecule has 1 aliphatic rings. The van der Waals surface area contributed by atoms with Crippen LogP contribution in [0, 0.1) is 0 Å². The Kier molecular flexibility index (Phi) is 3.16. The number of fused-ring (bicyclic) bond motifs is 3. The summed E-state index contributed by atoms with van der Waals surface area (Å²) in [6.07, 6.45) is 0. The van der Waals surface area contributed by atoms with Crippen LogP contribution in [0.4, 0.5) is 0 Å². The lowest BCUT2D eigenvalue weighted by Crippen LogP contribution is -2.12. The number of benzene rings is 3. The van der Waals surface area contributed by atoms with E-state index >= 15 is 0 Å². The lowest BCUT2D eigenvalue weighted by Gasteiger charge is -2.22. The molecule has 4 rings (SSSR count). The zero-order valence-electron chi connectivity index (χ0n) is 14.0. The first-order valence-electron chi connectivity index (χ1n) is 8.34. The molecule has 0 heterocycles. The van der Waals surface area contributed by atoms with Gasteiger partial charge in [0.15, 0.2) is 0 Å². The largest absolute Gasteiger partial charge is 0.0619 e. The van der Waals surface area contributed by atoms with Gasteiger partial charge in [0.25, 0.3) is 0 Å². The maximum atomic E-state index is 2.39. The number of rotatable bonds is 1. The van der Waals surface area contributed by atoms with Gasteiger partial charge >= 0.3 is 0 Å². The molecule has 0 amide bonds. The van der Waals surface area contributed by atoms with Crippen molar-refractivity contribution >= 4 is 0 Å². The molecule has 0 fully saturated rings. The summed E-state index contributed by atoms with van der Waals surface area (Å²) < 4.78 is 0. The third-order valence-electron chi connectivity index (χ3n) is 4.92. The predicted molar refractivity (Wildman–Crippen MR) is 98.0 cm³/mol. The third-order valence-corrected chi connectivity index (χ3v) is 4.92. The average molecular weight is 298 g/mol. The molecule has 0 atom stereocenters. The molecular weight excluding hydrogens is 276 g/mol. The lowest BCUT2D eigenvalue weighted by molar-refractivity contribution is 0.589. The first-order valence-corrected chi connectivity index (χ1v) is 8.34. The second kappa shape index (κ2) is 5.09. The Bertz CT molecular complexity index is 819. The van der Waals surface area contributed by atoms with E-state index in [0.29, 0.717) is 5.92 Å². The summed E-state index contributed by atoms with van der Waals surface area (Å²) in [5.74, 6) is 0.352. The van der Waals surface area contributed by atoms with Gasteiger partial charge in [-0.3, -0.25) is 0 Å². The number of hydrogen-bond acceptors (Lipinski definition) is 0. The summed E-state index contributed by atoms with van der Waals surface area (Å²) in [6.45, 7) is 6.84. The molecule has 114 valence electrons. The molecular formula is C23H22. The zero-order chi connectivity index (χ0) is 16.0. The van der Waals surface area contributed by atoms with Gasteiger partial charge in [0, 0.05) is 5.92 Å². The standard InChI is InChI=1S/C23H22/c1-23(2,3)17-10-8-9-16(15-17)22-20-13-6-4-11-18(20)19-12-5-7-14-21(19)22/h4-15,22H,1-3H3. The van der Waals surface area contributed by atoms with E-state index in [4.69, 9.17) is 0 Å². The monoisotopic (exact) mass is 298 g/mol. The van der Waals surface area contributed by atoms with Crippen LogP contribution in [0.15, 0.2) is 72.8 Å². The highest BCUT2D eigenvalue weighted by atomic mass is 14.3. The van der Waals surface area contributed by atoms with Gasteiger partial charge in [0.1, 0.15) is 0 Å². The van der Waals surface area contributed by atoms with E-state index in [9.17, 15) is 0 Å². The Morgan fingerprint density at radius 2 is 1.22 bits per heavy atom. The van der Waals surface area contributed by atoms with Crippen molar-refractivity contribution < 1.29 is 0 Å². The first-order chi connectivity index (χ1) is 11.1. The minimum Gasteiger partial charge on any atom is -0.0619 e. The summed E-state index contributed by atoms with van der Waals surface area (Å²) >= 11 is 0. The maximum Gasteiger partial charge on any atom is 0.0352 e. The smallest absolute Gasteiger partial charge is 0.0352 e. The Balaban J connectivity index is 1.93. The van der Waals surface area contributed by atoms with Gasteiger partial charge in [-0.05, 0) is 38.8 Å². The van der Waals surface area contributed by atoms with Gasteiger partial charge in [0.2, 0.25) is 0 Å². The third kappa shape index (κ3) is 2.30. The summed E-state index contributed by atoms with van der Waals surface area (Å²) in [7, 11) is 0. The molecule has 0 bridgehead atoms. The molecule has 23 heavy (non-hydrogen) atoms. The highest BCUT2D eigenvalue weighted by molar-refractivity contribution is 5.80. The molecule has 0 spiro atoms. The minimum absolute atomic E-state index is 0.174. The van der Waals surface area contributed by atoms with Crippen molar-refractivity contribution in [1.82, 2.24) is 0 Å². The van der Waals surface area contributed by atoms with E-state index in [2.05, 4.69) is 93.6 Å². The SMILES string of the molecule is CC(C)(C)c1cccc(C2c3ccccc3-c3ccccc32)c1. The zero-order valence-corrected chi connectivity index (χ0v) is 14.0. The van der Waals surface area contributed by atoms with E-state index < -0.39 is 0 Å². The van der Waals surface area contributed by atoms with Crippen molar-refractivity contribution in [3.63, 3.8) is 0 Å². The molecule has 0 nitrogen and oxygen atoms in total. The molecule has 0 aromatic heterocycles. The van der Waals surface area contributed by atoms with Crippen LogP contribution in [-0.2, 0) is 5.41 Å². The fraction of sp³-hybridized carbons (Fsp3) is 0.217. The van der Waals surface area contributed by atoms with Gasteiger partial charge in [0.05, 0.1) is 0 Å². The van der Waals surface area contributed by atoms with E-state index in [-0.39, 0.29) is 5.41 Å². The Morgan fingerprint density at radius 1 is 0.652 bits per heavy atom. The van der Waals surface area contributed by atoms with Crippen LogP contribution < -0.4 is 0 Å². The molecule has 1 aliphatic carbocycles. The predicted octanol–water partition coefficient (Wildman–Crippen LogP) is 6.14. The van der Waals surface area contributed by atoms with E-state index in [1.807, 2.05) is 0 Å². The molecule has 0 N–H and O–H groups in total. The van der Waals surface area contributed by atoms with Gasteiger partial charge < -0.3 is 0 Å². The average Bonchev–Trinajstić information content (AvgIpc) is 2.89. The van der Waals surface area contributed by atoms with Crippen LogP contribution in [0.25, 0.3) is 11.1 Å². The fourth-order valence-electron chi connectivity index (χ4n) is 3.70. The molecule has 0 saturated heterocycles. The highest BCUT2D eigenvalue weighted by Crippen LogP contribution is 2.48. The Morgan fingerprint density at radius 3 is 1.78 bits per heavy atom. The van der Waals surface area contributed by atoms with Crippen LogP contribution >= 0.6 is 0 Å². The number of hydrogen-bond donors (Lipinski definition) is 0. The second-order valence-corrected chi connectivity index (χ2v) is 7.48. The quantitative estimate of drug-likeness (QED) is 0.395. The van der Waals surface area contributed by atoms with Crippen molar-refractivity contribution in [2.24, 2.45) is 0 Å². The van der Waals surface area contributed by atoms with Crippen molar-refractivity contribution in [2.75, 3.05) is 0 Å². The van der Waals surface area contributed by atoms with E-state index in [1.54, 1.807) is 0 Å². The van der Waals surface area contributed by atoms with Gasteiger partial charge in [-0.25, -0.2) is 0 Å². The highest BCUT2D eigenvalue weighted by Gasteiger charge is 2.29. The van der Waals surface area contributed by atoms with Crippen LogP contribution in [0.5, 0.6) is 0 Å². The van der Waals surface area contributed by atoms with Crippen molar-refractivity contribution in [1.29, 1.82) is 0 Å². The molecule has 0 saturated carbocycles.